The minimum absolute atomic E-state index is 0.0456. The molecule has 8 heteroatoms. The molecule has 0 radical (unpaired) electrons. The van der Waals surface area contributed by atoms with Gasteiger partial charge in [0, 0.05) is 18.0 Å². The van der Waals surface area contributed by atoms with E-state index in [-0.39, 0.29) is 23.5 Å². The summed E-state index contributed by atoms with van der Waals surface area (Å²) >= 11 is 0. The molecule has 4 rings (SSSR count). The van der Waals surface area contributed by atoms with Crippen LogP contribution in [0.3, 0.4) is 0 Å². The summed E-state index contributed by atoms with van der Waals surface area (Å²) in [7, 11) is 0. The van der Waals surface area contributed by atoms with E-state index in [1.807, 2.05) is 0 Å². The van der Waals surface area contributed by atoms with Gasteiger partial charge in [0.2, 0.25) is 0 Å². The van der Waals surface area contributed by atoms with Crippen LogP contribution < -0.4 is 5.56 Å². The summed E-state index contributed by atoms with van der Waals surface area (Å²) in [4.78, 5) is 39.4. The first-order valence-electron chi connectivity index (χ1n) is 10.7. The van der Waals surface area contributed by atoms with Crippen LogP contribution >= 0.6 is 0 Å². The number of esters is 1. The lowest BCUT2D eigenvalue weighted by atomic mass is 9.93. The van der Waals surface area contributed by atoms with Crippen LogP contribution in [0.1, 0.15) is 48.2 Å². The molecule has 1 aliphatic carbocycles. The van der Waals surface area contributed by atoms with E-state index in [0.717, 1.165) is 37.7 Å². The van der Waals surface area contributed by atoms with Crippen LogP contribution in [0.15, 0.2) is 53.3 Å². The Morgan fingerprint density at radius 3 is 2.44 bits per heavy atom. The molecule has 0 bridgehead atoms. The number of H-pyrrole nitrogens is 1. The maximum absolute atomic E-state index is 13.3. The molecule has 1 N–H and O–H groups in total. The Balaban J connectivity index is 1.49. The topological polar surface area (TPSA) is 92.4 Å². The Kier molecular flexibility index (Phi) is 6.58. The number of aromatic nitrogens is 2. The van der Waals surface area contributed by atoms with Crippen molar-refractivity contribution in [1.29, 1.82) is 0 Å². The molecule has 3 aromatic rings. The second-order valence-electron chi connectivity index (χ2n) is 7.96. The second kappa shape index (κ2) is 9.72. The van der Waals surface area contributed by atoms with Gasteiger partial charge in [-0.15, -0.1) is 0 Å². The maximum Gasteiger partial charge on any atom is 0.359 e. The molecule has 1 aliphatic rings. The number of aromatic amines is 1. The maximum atomic E-state index is 13.3. The van der Waals surface area contributed by atoms with E-state index in [1.165, 1.54) is 12.1 Å². The van der Waals surface area contributed by atoms with Crippen LogP contribution in [0.4, 0.5) is 4.39 Å². The zero-order chi connectivity index (χ0) is 22.5. The molecule has 1 aromatic heterocycles. The summed E-state index contributed by atoms with van der Waals surface area (Å²) in [6.07, 6.45) is 4.96. The molecule has 1 heterocycles. The average molecular weight is 437 g/mol. The Hall–Kier alpha value is -3.55. The van der Waals surface area contributed by atoms with E-state index in [1.54, 1.807) is 41.3 Å². The molecule has 1 fully saturated rings. The smallest absolute Gasteiger partial charge is 0.359 e. The monoisotopic (exact) mass is 437 g/mol. The molecule has 166 valence electrons. The van der Waals surface area contributed by atoms with Crippen LogP contribution in [0, 0.1) is 5.82 Å². The SMILES string of the molecule is O=C(OCC(=O)N(Cc1ccc(F)cc1)C1CCCCC1)c1n[nH]c(=O)c2ccccc12. The fraction of sp³-hybridized carbons (Fsp3) is 0.333. The van der Waals surface area contributed by atoms with Gasteiger partial charge in [0.1, 0.15) is 5.82 Å². The lowest BCUT2D eigenvalue weighted by molar-refractivity contribution is -0.138. The Labute approximate surface area is 184 Å². The Morgan fingerprint density at radius 1 is 1.03 bits per heavy atom. The van der Waals surface area contributed by atoms with Crippen LogP contribution in [0.2, 0.25) is 0 Å². The molecule has 0 unspecified atom stereocenters. The highest BCUT2D eigenvalue weighted by Crippen LogP contribution is 2.24. The molecule has 0 saturated heterocycles. The number of carbonyl (C=O) groups is 2. The molecule has 7 nitrogen and oxygen atoms in total. The van der Waals surface area contributed by atoms with Crippen LogP contribution in [0.25, 0.3) is 10.8 Å². The van der Waals surface area contributed by atoms with Crippen LogP contribution in [0.5, 0.6) is 0 Å². The zero-order valence-corrected chi connectivity index (χ0v) is 17.6. The lowest BCUT2D eigenvalue weighted by Crippen LogP contribution is -2.43. The zero-order valence-electron chi connectivity index (χ0n) is 17.6. The molecule has 0 spiro atoms. The van der Waals surface area contributed by atoms with Gasteiger partial charge in [-0.1, -0.05) is 49.6 Å². The van der Waals surface area contributed by atoms with Crippen molar-refractivity contribution in [2.75, 3.05) is 6.61 Å². The largest absolute Gasteiger partial charge is 0.451 e. The van der Waals surface area contributed by atoms with Gasteiger partial charge in [-0.3, -0.25) is 9.59 Å². The van der Waals surface area contributed by atoms with Crippen molar-refractivity contribution >= 4 is 22.6 Å². The number of benzene rings is 2. The van der Waals surface area contributed by atoms with Gasteiger partial charge in [0.25, 0.3) is 11.5 Å². The van der Waals surface area contributed by atoms with Crippen molar-refractivity contribution in [3.8, 4) is 0 Å². The van der Waals surface area contributed by atoms with Gasteiger partial charge in [-0.2, -0.15) is 5.10 Å². The molecule has 1 amide bonds. The van der Waals surface area contributed by atoms with Gasteiger partial charge in [0.15, 0.2) is 12.3 Å². The molecule has 0 aliphatic heterocycles. The van der Waals surface area contributed by atoms with E-state index < -0.39 is 18.1 Å². The molecule has 0 atom stereocenters. The van der Waals surface area contributed by atoms with Crippen molar-refractivity contribution in [2.45, 2.75) is 44.7 Å². The molecule has 1 saturated carbocycles. The number of fused-ring (bicyclic) bond motifs is 1. The number of carbonyl (C=O) groups excluding carboxylic acids is 2. The highest BCUT2D eigenvalue weighted by atomic mass is 19.1. The second-order valence-corrected chi connectivity index (χ2v) is 7.96. The van der Waals surface area contributed by atoms with E-state index in [9.17, 15) is 18.8 Å². The number of ether oxygens (including phenoxy) is 1. The molecular weight excluding hydrogens is 413 g/mol. The first kappa shape index (κ1) is 21.7. The fourth-order valence-electron chi connectivity index (χ4n) is 4.15. The van der Waals surface area contributed by atoms with E-state index in [4.69, 9.17) is 4.74 Å². The summed E-state index contributed by atoms with van der Waals surface area (Å²) in [5, 5.41) is 6.80. The number of nitrogens with zero attached hydrogens (tertiary/aromatic N) is 2. The Morgan fingerprint density at radius 2 is 1.72 bits per heavy atom. The number of rotatable bonds is 6. The standard InChI is InChI=1S/C24H24FN3O4/c25-17-12-10-16(11-13-17)14-28(18-6-2-1-3-7-18)21(29)15-32-24(31)22-19-8-4-5-9-20(19)23(30)27-26-22/h4-5,8-13,18H,1-3,6-7,14-15H2,(H,27,30). The first-order chi connectivity index (χ1) is 15.5. The third-order valence-corrected chi connectivity index (χ3v) is 5.82. The summed E-state index contributed by atoms with van der Waals surface area (Å²) in [5.41, 5.74) is 0.358. The molecular formula is C24H24FN3O4. The van der Waals surface area contributed by atoms with E-state index >= 15 is 0 Å². The summed E-state index contributed by atoms with van der Waals surface area (Å²) in [6, 6.07) is 12.7. The molecule has 32 heavy (non-hydrogen) atoms. The average Bonchev–Trinajstić information content (AvgIpc) is 2.83. The normalized spacial score (nSPS) is 14.3. The summed E-state index contributed by atoms with van der Waals surface area (Å²) < 4.78 is 18.6. The van der Waals surface area contributed by atoms with Crippen molar-refractivity contribution in [3.63, 3.8) is 0 Å². The predicted molar refractivity (Wildman–Crippen MR) is 116 cm³/mol. The highest BCUT2D eigenvalue weighted by molar-refractivity contribution is 6.02. The van der Waals surface area contributed by atoms with Crippen molar-refractivity contribution in [2.24, 2.45) is 0 Å². The minimum atomic E-state index is -0.781. The van der Waals surface area contributed by atoms with Crippen LogP contribution in [-0.2, 0) is 16.1 Å². The highest BCUT2D eigenvalue weighted by Gasteiger charge is 2.27. The number of hydrogen-bond acceptors (Lipinski definition) is 5. The van der Waals surface area contributed by atoms with Crippen molar-refractivity contribution in [3.05, 3.63) is 76.0 Å². The first-order valence-corrected chi connectivity index (χ1v) is 10.7. The minimum Gasteiger partial charge on any atom is -0.451 e. The lowest BCUT2D eigenvalue weighted by Gasteiger charge is -2.34. The molecule has 2 aromatic carbocycles. The fourth-order valence-corrected chi connectivity index (χ4v) is 4.15. The number of hydrogen-bond donors (Lipinski definition) is 1. The van der Waals surface area contributed by atoms with Gasteiger partial charge in [0.05, 0.1) is 5.39 Å². The van der Waals surface area contributed by atoms with E-state index in [0.29, 0.717) is 17.3 Å². The van der Waals surface area contributed by atoms with Gasteiger partial charge >= 0.3 is 5.97 Å². The number of halogens is 1. The van der Waals surface area contributed by atoms with Gasteiger partial charge in [-0.25, -0.2) is 14.3 Å². The summed E-state index contributed by atoms with van der Waals surface area (Å²) in [5.74, 6) is -1.43. The van der Waals surface area contributed by atoms with Crippen molar-refractivity contribution < 1.29 is 18.7 Å². The van der Waals surface area contributed by atoms with Gasteiger partial charge in [-0.05, 0) is 36.6 Å². The third kappa shape index (κ3) is 4.85. The number of nitrogens with one attached hydrogen (secondary N) is 1. The van der Waals surface area contributed by atoms with Crippen molar-refractivity contribution in [1.82, 2.24) is 15.1 Å². The Bertz CT molecular complexity index is 1170. The van der Waals surface area contributed by atoms with Crippen LogP contribution in [-0.4, -0.2) is 39.6 Å². The number of amides is 1. The van der Waals surface area contributed by atoms with Gasteiger partial charge < -0.3 is 9.64 Å². The predicted octanol–water partition coefficient (Wildman–Crippen LogP) is 3.58. The van der Waals surface area contributed by atoms with E-state index in [2.05, 4.69) is 10.2 Å². The third-order valence-electron chi connectivity index (χ3n) is 5.82. The summed E-state index contributed by atoms with van der Waals surface area (Å²) in [6.45, 7) is -0.118. The quantitative estimate of drug-likeness (QED) is 0.595.